The van der Waals surface area contributed by atoms with Gasteiger partial charge in [-0.05, 0) is 69.8 Å². The predicted octanol–water partition coefficient (Wildman–Crippen LogP) is 11.4. The fourth-order valence-electron chi connectivity index (χ4n) is 6.96. The number of hydrogen-bond acceptors (Lipinski definition) is 2. The van der Waals surface area contributed by atoms with Gasteiger partial charge in [-0.3, -0.25) is 0 Å². The molecule has 3 heterocycles. The first-order valence-electron chi connectivity index (χ1n) is 16.6. The van der Waals surface area contributed by atoms with Gasteiger partial charge < -0.3 is 4.57 Å². The molecule has 0 aliphatic rings. The quantitative estimate of drug-likeness (QED) is 0.150. The van der Waals surface area contributed by atoms with E-state index in [2.05, 4.69) is 176 Å². The van der Waals surface area contributed by atoms with Crippen molar-refractivity contribution in [3.63, 3.8) is 0 Å². The zero-order valence-corrected chi connectivity index (χ0v) is 31.3. The number of benzene rings is 5. The van der Waals surface area contributed by atoms with Gasteiger partial charge in [0, 0.05) is 57.6 Å². The molecule has 4 nitrogen and oxygen atoms in total. The largest absolute Gasteiger partial charge is 0.319 e. The van der Waals surface area contributed by atoms with E-state index in [0.29, 0.717) is 11.8 Å². The van der Waals surface area contributed by atoms with Crippen molar-refractivity contribution < 1.29 is 21.1 Å². The number of nitrogens with zero attached hydrogens (tertiary/aromatic N) is 4. The van der Waals surface area contributed by atoms with Crippen molar-refractivity contribution >= 4 is 44.6 Å². The van der Waals surface area contributed by atoms with Gasteiger partial charge in [-0.2, -0.15) is 24.3 Å². The topological polar surface area (TPSA) is 27.7 Å². The number of pyridine rings is 1. The molecule has 49 heavy (non-hydrogen) atoms. The smallest absolute Gasteiger partial charge is 0.188 e. The van der Waals surface area contributed by atoms with E-state index in [4.69, 9.17) is 4.98 Å². The van der Waals surface area contributed by atoms with Gasteiger partial charge in [0.25, 0.3) is 0 Å². The second kappa shape index (κ2) is 13.5. The molecule has 0 aliphatic heterocycles. The molecular formula is C43H37N4PtS-. The first kappa shape index (κ1) is 33.1. The molecule has 0 radical (unpaired) electrons. The van der Waals surface area contributed by atoms with Gasteiger partial charge in [-0.15, -0.1) is 34.2 Å². The third kappa shape index (κ3) is 5.94. The Balaban J connectivity index is 0.00000378. The standard InChI is InChI=1S/C43H37N4S.Pt/c1-28(2)34-15-11-16-35(29(3)4)43(34)30-22-23-44-42(24-30)47-38-17-7-6-14-36(38)37-21-20-33(26-41(37)47)48-32-13-10-12-31(25-32)46-27-45(5)39-18-8-9-19-40(39)46;/h6-24,27-29H,1-5H3;/q-1;. The molecule has 0 fully saturated rings. The molecule has 8 rings (SSSR count). The number of aryl methyl sites for hydroxylation is 1. The van der Waals surface area contributed by atoms with Crippen LogP contribution in [0.2, 0.25) is 0 Å². The summed E-state index contributed by atoms with van der Waals surface area (Å²) in [7, 11) is 2.08. The molecule has 0 amide bonds. The summed E-state index contributed by atoms with van der Waals surface area (Å²) in [4.78, 5) is 7.04. The molecule has 0 spiro atoms. The van der Waals surface area contributed by atoms with Crippen molar-refractivity contribution in [1.82, 2.24) is 18.7 Å². The van der Waals surface area contributed by atoms with Crippen LogP contribution in [0.25, 0.3) is 55.5 Å². The van der Waals surface area contributed by atoms with Crippen molar-refractivity contribution in [3.05, 3.63) is 145 Å². The van der Waals surface area contributed by atoms with E-state index in [1.54, 1.807) is 11.8 Å². The molecule has 0 aliphatic carbocycles. The molecule has 246 valence electrons. The van der Waals surface area contributed by atoms with E-state index in [1.165, 1.54) is 33.2 Å². The summed E-state index contributed by atoms with van der Waals surface area (Å²) >= 11 is 1.68. The fraction of sp³-hybridized carbons (Fsp3) is 0.163. The summed E-state index contributed by atoms with van der Waals surface area (Å²) in [6.45, 7) is 9.11. The predicted molar refractivity (Wildman–Crippen MR) is 201 cm³/mol. The van der Waals surface area contributed by atoms with Crippen LogP contribution in [0.15, 0.2) is 132 Å². The van der Waals surface area contributed by atoms with Crippen LogP contribution in [-0.2, 0) is 28.1 Å². The minimum absolute atomic E-state index is 0. The Morgan fingerprint density at radius 1 is 0.673 bits per heavy atom. The number of hydrogen-bond donors (Lipinski definition) is 0. The average molecular weight is 837 g/mol. The molecule has 0 unspecified atom stereocenters. The van der Waals surface area contributed by atoms with E-state index in [-0.39, 0.29) is 21.1 Å². The number of aromatic nitrogens is 4. The molecule has 8 aromatic rings. The Bertz CT molecular complexity index is 2440. The van der Waals surface area contributed by atoms with E-state index in [0.717, 1.165) is 43.2 Å². The third-order valence-electron chi connectivity index (χ3n) is 9.24. The number of fused-ring (bicyclic) bond motifs is 4. The van der Waals surface area contributed by atoms with Crippen molar-refractivity contribution in [1.29, 1.82) is 0 Å². The van der Waals surface area contributed by atoms with Gasteiger partial charge in [0.15, 0.2) is 17.4 Å². The Morgan fingerprint density at radius 2 is 1.35 bits per heavy atom. The average Bonchev–Trinajstić information content (AvgIpc) is 3.62. The van der Waals surface area contributed by atoms with Crippen LogP contribution in [0.4, 0.5) is 0 Å². The summed E-state index contributed by atoms with van der Waals surface area (Å²) in [5.41, 5.74) is 10.7. The minimum atomic E-state index is 0. The Kier molecular flexibility index (Phi) is 9.09. The Morgan fingerprint density at radius 3 is 2.10 bits per heavy atom. The van der Waals surface area contributed by atoms with Crippen LogP contribution < -0.4 is 0 Å². The molecule has 0 saturated heterocycles. The van der Waals surface area contributed by atoms with Crippen molar-refractivity contribution in [3.8, 4) is 22.6 Å². The van der Waals surface area contributed by atoms with Crippen LogP contribution >= 0.6 is 11.8 Å². The monoisotopic (exact) mass is 836 g/mol. The van der Waals surface area contributed by atoms with E-state index >= 15 is 0 Å². The van der Waals surface area contributed by atoms with Gasteiger partial charge in [0.2, 0.25) is 0 Å². The maximum atomic E-state index is 4.97. The van der Waals surface area contributed by atoms with Gasteiger partial charge in [0.1, 0.15) is 5.82 Å². The summed E-state index contributed by atoms with van der Waals surface area (Å²) in [6, 6.07) is 46.4. The first-order chi connectivity index (χ1) is 23.4. The van der Waals surface area contributed by atoms with Crippen molar-refractivity contribution in [2.75, 3.05) is 0 Å². The van der Waals surface area contributed by atoms with Crippen LogP contribution in [0.1, 0.15) is 50.7 Å². The molecule has 3 aromatic heterocycles. The second-order valence-electron chi connectivity index (χ2n) is 13.0. The Hall–Kier alpha value is -4.44. The maximum Gasteiger partial charge on any atom is 0.188 e. The number of rotatable bonds is 7. The summed E-state index contributed by atoms with van der Waals surface area (Å²) in [6.07, 6.45) is 4.07. The van der Waals surface area contributed by atoms with Crippen molar-refractivity contribution in [2.24, 2.45) is 7.05 Å². The molecule has 0 N–H and O–H groups in total. The molecule has 0 bridgehead atoms. The Labute approximate surface area is 306 Å². The molecule has 0 saturated carbocycles. The van der Waals surface area contributed by atoms with Crippen LogP contribution in [-0.4, -0.2) is 18.7 Å². The van der Waals surface area contributed by atoms with E-state index in [9.17, 15) is 0 Å². The van der Waals surface area contributed by atoms with Crippen molar-refractivity contribution in [2.45, 2.75) is 49.3 Å². The zero-order valence-electron chi connectivity index (χ0n) is 28.2. The van der Waals surface area contributed by atoms with Gasteiger partial charge >= 0.3 is 0 Å². The van der Waals surface area contributed by atoms with Gasteiger partial charge in [-0.25, -0.2) is 14.1 Å². The number of imidazole rings is 1. The molecule has 0 atom stereocenters. The van der Waals surface area contributed by atoms with Gasteiger partial charge in [0.05, 0.1) is 0 Å². The van der Waals surface area contributed by atoms with Crippen LogP contribution in [0.3, 0.4) is 0 Å². The van der Waals surface area contributed by atoms with Crippen LogP contribution in [0.5, 0.6) is 0 Å². The fourth-order valence-corrected chi connectivity index (χ4v) is 7.79. The normalized spacial score (nSPS) is 11.7. The second-order valence-corrected chi connectivity index (χ2v) is 14.1. The summed E-state index contributed by atoms with van der Waals surface area (Å²) < 4.78 is 6.62. The van der Waals surface area contributed by atoms with E-state index < -0.39 is 0 Å². The first-order valence-corrected chi connectivity index (χ1v) is 17.4. The van der Waals surface area contributed by atoms with E-state index in [1.807, 2.05) is 6.20 Å². The molecule has 6 heteroatoms. The molecular weight excluding hydrogens is 800 g/mol. The van der Waals surface area contributed by atoms with Gasteiger partial charge in [-0.1, -0.05) is 80.6 Å². The minimum Gasteiger partial charge on any atom is -0.319 e. The summed E-state index contributed by atoms with van der Waals surface area (Å²) in [5, 5.41) is 2.36. The molecule has 5 aromatic carbocycles. The summed E-state index contributed by atoms with van der Waals surface area (Å²) in [5.74, 6) is 1.71. The third-order valence-corrected chi connectivity index (χ3v) is 10.2. The maximum absolute atomic E-state index is 4.97. The zero-order chi connectivity index (χ0) is 32.9. The SMILES string of the molecule is CC(C)c1cccc(C(C)C)c1-c1ccnc(-n2c3[c-]c(Sc4[c-]c(-n5[cH+]n(C)c6ccccc65)ccc4)ccc3c3ccccc32)c1.[Pt]. The van der Waals surface area contributed by atoms with Crippen LogP contribution in [0, 0.1) is 12.1 Å². The number of para-hydroxylation sites is 3.